The van der Waals surface area contributed by atoms with Crippen LogP contribution in [0.3, 0.4) is 0 Å². The Morgan fingerprint density at radius 3 is 2.70 bits per heavy atom. The molecule has 1 aromatic carbocycles. The van der Waals surface area contributed by atoms with Crippen molar-refractivity contribution in [2.75, 3.05) is 11.1 Å². The number of thioether (sulfide) groups is 1. The normalized spacial score (nSPS) is 11.2. The summed E-state index contributed by atoms with van der Waals surface area (Å²) in [4.78, 5) is 33.9. The summed E-state index contributed by atoms with van der Waals surface area (Å²) in [5, 5.41) is 8.61. The molecule has 3 heterocycles. The van der Waals surface area contributed by atoms with E-state index in [9.17, 15) is 9.59 Å². The lowest BCUT2D eigenvalue weighted by atomic mass is 10.3. The lowest BCUT2D eigenvalue weighted by Crippen LogP contribution is -2.23. The van der Waals surface area contributed by atoms with Crippen molar-refractivity contribution in [3.8, 4) is 5.69 Å². The Balaban J connectivity index is 1.45. The summed E-state index contributed by atoms with van der Waals surface area (Å²) in [5.74, 6) is 0.302. The van der Waals surface area contributed by atoms with Gasteiger partial charge in [0.1, 0.15) is 17.0 Å². The highest BCUT2D eigenvalue weighted by atomic mass is 32.2. The van der Waals surface area contributed by atoms with E-state index in [0.29, 0.717) is 17.1 Å². The second kappa shape index (κ2) is 8.15. The van der Waals surface area contributed by atoms with Gasteiger partial charge in [-0.3, -0.25) is 19.0 Å². The number of para-hydroxylation sites is 1. The number of carbonyl (C=O) groups is 1. The third-order valence-corrected chi connectivity index (χ3v) is 5.89. The summed E-state index contributed by atoms with van der Waals surface area (Å²) in [6.45, 7) is 1.81. The minimum absolute atomic E-state index is 0.218. The van der Waals surface area contributed by atoms with E-state index in [1.807, 2.05) is 44.3 Å². The van der Waals surface area contributed by atoms with Gasteiger partial charge in [0, 0.05) is 26.3 Å². The van der Waals surface area contributed by atoms with E-state index in [4.69, 9.17) is 0 Å². The first-order chi connectivity index (χ1) is 14.5. The van der Waals surface area contributed by atoms with Gasteiger partial charge in [-0.25, -0.2) is 14.6 Å². The van der Waals surface area contributed by atoms with Gasteiger partial charge in [-0.1, -0.05) is 18.2 Å². The Morgan fingerprint density at radius 2 is 1.93 bits per heavy atom. The maximum Gasteiger partial charge on any atom is 0.295 e. The molecule has 0 fully saturated rings. The lowest BCUT2D eigenvalue weighted by molar-refractivity contribution is -0.115. The first-order valence-corrected chi connectivity index (χ1v) is 10.4. The molecule has 0 saturated heterocycles. The van der Waals surface area contributed by atoms with Gasteiger partial charge >= 0.3 is 0 Å². The Bertz CT molecular complexity index is 1270. The first kappa shape index (κ1) is 19.9. The summed E-state index contributed by atoms with van der Waals surface area (Å²) in [5.41, 5.74) is 2.23. The SMILES string of the molecule is Cc1c(NC(=O)CCSc2ncnc3c2cnn3C)c(=O)n(-c2ccccc2)n1C. The predicted octanol–water partition coefficient (Wildman–Crippen LogP) is 2.28. The van der Waals surface area contributed by atoms with E-state index in [2.05, 4.69) is 20.4 Å². The minimum Gasteiger partial charge on any atom is -0.320 e. The molecule has 0 aliphatic heterocycles. The van der Waals surface area contributed by atoms with E-state index < -0.39 is 0 Å². The Labute approximate surface area is 176 Å². The molecule has 1 N–H and O–H groups in total. The third kappa shape index (κ3) is 3.61. The van der Waals surface area contributed by atoms with Crippen molar-refractivity contribution in [3.63, 3.8) is 0 Å². The summed E-state index contributed by atoms with van der Waals surface area (Å²) in [6.07, 6.45) is 3.46. The summed E-state index contributed by atoms with van der Waals surface area (Å²) < 4.78 is 4.96. The molecule has 4 rings (SSSR count). The zero-order chi connectivity index (χ0) is 21.3. The second-order valence-corrected chi connectivity index (χ2v) is 7.85. The molecule has 0 aliphatic carbocycles. The quantitative estimate of drug-likeness (QED) is 0.377. The van der Waals surface area contributed by atoms with Gasteiger partial charge in [0.15, 0.2) is 5.65 Å². The molecule has 10 heteroatoms. The van der Waals surface area contributed by atoms with Crippen molar-refractivity contribution < 1.29 is 4.79 Å². The topological polar surface area (TPSA) is 99.6 Å². The van der Waals surface area contributed by atoms with Crippen LogP contribution >= 0.6 is 11.8 Å². The lowest BCUT2D eigenvalue weighted by Gasteiger charge is -2.07. The van der Waals surface area contributed by atoms with Crippen LogP contribution < -0.4 is 10.9 Å². The fourth-order valence-corrected chi connectivity index (χ4v) is 4.11. The number of nitrogens with one attached hydrogen (secondary N) is 1. The van der Waals surface area contributed by atoms with Gasteiger partial charge in [0.05, 0.1) is 23.0 Å². The van der Waals surface area contributed by atoms with Crippen molar-refractivity contribution in [2.45, 2.75) is 18.4 Å². The molecule has 0 saturated carbocycles. The van der Waals surface area contributed by atoms with Crippen molar-refractivity contribution in [2.24, 2.45) is 14.1 Å². The van der Waals surface area contributed by atoms with Gasteiger partial charge in [-0.2, -0.15) is 5.10 Å². The average molecular weight is 424 g/mol. The Kier molecular flexibility index (Phi) is 5.40. The molecule has 154 valence electrons. The van der Waals surface area contributed by atoms with E-state index >= 15 is 0 Å². The molecule has 1 amide bonds. The highest BCUT2D eigenvalue weighted by Crippen LogP contribution is 2.24. The standard InChI is InChI=1S/C20H21N7O2S/c1-13-17(20(29)27(26(13)3)14-7-5-4-6-8-14)24-16(28)9-10-30-19-15-11-23-25(2)18(15)21-12-22-19/h4-8,11-12H,9-10H2,1-3H3,(H,24,28). The fourth-order valence-electron chi connectivity index (χ4n) is 3.21. The third-order valence-electron chi connectivity index (χ3n) is 4.88. The van der Waals surface area contributed by atoms with Gasteiger partial charge in [-0.05, 0) is 19.1 Å². The largest absolute Gasteiger partial charge is 0.320 e. The van der Waals surface area contributed by atoms with Crippen LogP contribution in [0.5, 0.6) is 0 Å². The maximum absolute atomic E-state index is 12.9. The number of aromatic nitrogens is 6. The number of amides is 1. The molecule has 0 spiro atoms. The molecule has 0 radical (unpaired) electrons. The highest BCUT2D eigenvalue weighted by Gasteiger charge is 2.18. The van der Waals surface area contributed by atoms with Crippen LogP contribution in [0, 0.1) is 6.92 Å². The number of hydrogen-bond donors (Lipinski definition) is 1. The van der Waals surface area contributed by atoms with Gasteiger partial charge in [-0.15, -0.1) is 11.8 Å². The number of benzene rings is 1. The van der Waals surface area contributed by atoms with Crippen molar-refractivity contribution >= 4 is 34.4 Å². The van der Waals surface area contributed by atoms with Gasteiger partial charge < -0.3 is 5.32 Å². The van der Waals surface area contributed by atoms with Crippen LogP contribution in [0.2, 0.25) is 0 Å². The monoisotopic (exact) mass is 423 g/mol. The van der Waals surface area contributed by atoms with Crippen LogP contribution in [0.1, 0.15) is 12.1 Å². The fraction of sp³-hybridized carbons (Fsp3) is 0.250. The number of nitrogens with zero attached hydrogens (tertiary/aromatic N) is 6. The molecule has 0 bridgehead atoms. The van der Waals surface area contributed by atoms with Crippen LogP contribution in [0.4, 0.5) is 5.69 Å². The summed E-state index contributed by atoms with van der Waals surface area (Å²) >= 11 is 1.46. The summed E-state index contributed by atoms with van der Waals surface area (Å²) in [7, 11) is 3.62. The Hall–Kier alpha value is -3.40. The molecule has 4 aromatic rings. The minimum atomic E-state index is -0.255. The summed E-state index contributed by atoms with van der Waals surface area (Å²) in [6, 6.07) is 9.33. The van der Waals surface area contributed by atoms with Gasteiger partial charge in [0.2, 0.25) is 5.91 Å². The number of aryl methyl sites for hydroxylation is 1. The molecule has 30 heavy (non-hydrogen) atoms. The highest BCUT2D eigenvalue weighted by molar-refractivity contribution is 7.99. The zero-order valence-electron chi connectivity index (χ0n) is 16.9. The maximum atomic E-state index is 12.9. The molecule has 9 nitrogen and oxygen atoms in total. The van der Waals surface area contributed by atoms with E-state index in [1.54, 1.807) is 27.3 Å². The van der Waals surface area contributed by atoms with Crippen molar-refractivity contribution in [3.05, 3.63) is 58.9 Å². The number of hydrogen-bond acceptors (Lipinski definition) is 6. The molecule has 0 aliphatic rings. The smallest absolute Gasteiger partial charge is 0.295 e. The number of anilines is 1. The number of carbonyl (C=O) groups excluding carboxylic acids is 1. The van der Waals surface area contributed by atoms with Crippen LogP contribution in [-0.2, 0) is 18.9 Å². The molecule has 0 unspecified atom stereocenters. The van der Waals surface area contributed by atoms with Crippen LogP contribution in [0.15, 0.2) is 52.7 Å². The average Bonchev–Trinajstić information content (AvgIpc) is 3.22. The molecular formula is C20H21N7O2S. The zero-order valence-corrected chi connectivity index (χ0v) is 17.7. The number of fused-ring (bicyclic) bond motifs is 1. The van der Waals surface area contributed by atoms with Crippen molar-refractivity contribution in [1.82, 2.24) is 29.1 Å². The predicted molar refractivity (Wildman–Crippen MR) is 116 cm³/mol. The van der Waals surface area contributed by atoms with Crippen LogP contribution in [0.25, 0.3) is 16.7 Å². The Morgan fingerprint density at radius 1 is 1.17 bits per heavy atom. The molecule has 0 atom stereocenters. The van der Waals surface area contributed by atoms with Crippen LogP contribution in [-0.4, -0.2) is 40.8 Å². The number of rotatable bonds is 6. The molecular weight excluding hydrogens is 402 g/mol. The van der Waals surface area contributed by atoms with Gasteiger partial charge in [0.25, 0.3) is 5.56 Å². The second-order valence-electron chi connectivity index (χ2n) is 6.77. The van der Waals surface area contributed by atoms with E-state index in [1.165, 1.54) is 18.1 Å². The first-order valence-electron chi connectivity index (χ1n) is 9.36. The van der Waals surface area contributed by atoms with Crippen molar-refractivity contribution in [1.29, 1.82) is 0 Å². The van der Waals surface area contributed by atoms with E-state index in [0.717, 1.165) is 21.7 Å². The van der Waals surface area contributed by atoms with E-state index in [-0.39, 0.29) is 17.9 Å². The molecule has 3 aromatic heterocycles.